The fourth-order valence-electron chi connectivity index (χ4n) is 2.89. The van der Waals surface area contributed by atoms with Gasteiger partial charge in [-0.15, -0.1) is 0 Å². The van der Waals surface area contributed by atoms with Crippen LogP contribution < -0.4 is 5.32 Å². The van der Waals surface area contributed by atoms with Gasteiger partial charge in [0.2, 0.25) is 6.10 Å². The molecule has 0 aromatic heterocycles. The van der Waals surface area contributed by atoms with Crippen LogP contribution in [0.2, 0.25) is 0 Å². The molecule has 0 radical (unpaired) electrons. The summed E-state index contributed by atoms with van der Waals surface area (Å²) in [5.74, 6) is -1.35. The molecule has 0 saturated carbocycles. The third kappa shape index (κ3) is 4.88. The van der Waals surface area contributed by atoms with E-state index in [2.05, 4.69) is 5.32 Å². The maximum Gasteiger partial charge on any atom is 0.339 e. The van der Waals surface area contributed by atoms with E-state index in [9.17, 15) is 19.7 Å². The number of non-ortho nitro benzene ring substituents is 1. The zero-order valence-electron chi connectivity index (χ0n) is 16.5. The van der Waals surface area contributed by atoms with Crippen LogP contribution in [0.25, 0.3) is 0 Å². The number of amides is 1. The number of carbonyl (C=O) groups is 2. The number of hydrogen-bond donors (Lipinski definition) is 1. The Morgan fingerprint density at radius 1 is 0.967 bits per heavy atom. The number of benzene rings is 3. The highest BCUT2D eigenvalue weighted by molar-refractivity contribution is 5.98. The average molecular weight is 404 g/mol. The average Bonchev–Trinajstić information content (AvgIpc) is 2.75. The highest BCUT2D eigenvalue weighted by Gasteiger charge is 2.26. The van der Waals surface area contributed by atoms with Crippen molar-refractivity contribution < 1.29 is 19.2 Å². The lowest BCUT2D eigenvalue weighted by molar-refractivity contribution is -0.384. The van der Waals surface area contributed by atoms with E-state index in [0.29, 0.717) is 11.3 Å². The molecule has 0 aliphatic carbocycles. The number of nitro benzene ring substituents is 1. The summed E-state index contributed by atoms with van der Waals surface area (Å²) in [6, 6.07) is 19.4. The highest BCUT2D eigenvalue weighted by Crippen LogP contribution is 2.24. The Bertz CT molecular complexity index is 1100. The lowest BCUT2D eigenvalue weighted by Crippen LogP contribution is -2.26. The van der Waals surface area contributed by atoms with Gasteiger partial charge >= 0.3 is 5.97 Å². The van der Waals surface area contributed by atoms with Gasteiger partial charge in [-0.25, -0.2) is 4.79 Å². The Morgan fingerprint density at radius 2 is 1.70 bits per heavy atom. The first-order valence-electron chi connectivity index (χ1n) is 9.23. The van der Waals surface area contributed by atoms with Gasteiger partial charge in [-0.05, 0) is 37.1 Å². The number of nitro groups is 1. The van der Waals surface area contributed by atoms with E-state index in [1.165, 1.54) is 18.2 Å². The monoisotopic (exact) mass is 404 g/mol. The molecular weight excluding hydrogens is 384 g/mol. The fraction of sp³-hybridized carbons (Fsp3) is 0.130. The van der Waals surface area contributed by atoms with Gasteiger partial charge in [-0.3, -0.25) is 14.9 Å². The van der Waals surface area contributed by atoms with Gasteiger partial charge in [0.25, 0.3) is 11.6 Å². The number of carbonyl (C=O) groups excluding carboxylic acids is 2. The summed E-state index contributed by atoms with van der Waals surface area (Å²) < 4.78 is 5.49. The van der Waals surface area contributed by atoms with E-state index in [4.69, 9.17) is 4.74 Å². The number of ether oxygens (including phenoxy) is 1. The van der Waals surface area contributed by atoms with Crippen molar-refractivity contribution in [1.29, 1.82) is 0 Å². The molecule has 1 atom stereocenters. The number of rotatable bonds is 6. The lowest BCUT2D eigenvalue weighted by atomic mass is 10.1. The second-order valence-electron chi connectivity index (χ2n) is 6.81. The predicted octanol–water partition coefficient (Wildman–Crippen LogP) is 4.75. The van der Waals surface area contributed by atoms with E-state index in [1.807, 2.05) is 32.0 Å². The topological polar surface area (TPSA) is 98.5 Å². The van der Waals surface area contributed by atoms with Crippen molar-refractivity contribution in [2.45, 2.75) is 20.0 Å². The molecule has 0 fully saturated rings. The number of nitrogens with zero attached hydrogens (tertiary/aromatic N) is 1. The SMILES string of the molecule is Cc1ccc(C)c(NC(=O)C(OC(=O)c2cccc([N+](=O)[O-])c2)c2ccccc2)c1. The molecule has 7 heteroatoms. The summed E-state index contributed by atoms with van der Waals surface area (Å²) in [6.07, 6.45) is -1.22. The molecule has 0 saturated heterocycles. The molecule has 1 unspecified atom stereocenters. The van der Waals surface area contributed by atoms with Crippen LogP contribution in [0.4, 0.5) is 11.4 Å². The first-order valence-corrected chi connectivity index (χ1v) is 9.23. The summed E-state index contributed by atoms with van der Waals surface area (Å²) in [5, 5.41) is 13.8. The standard InChI is InChI=1S/C23H20N2O5/c1-15-11-12-16(2)20(13-15)24-22(26)21(17-7-4-3-5-8-17)30-23(27)18-9-6-10-19(14-18)25(28)29/h3-14,21H,1-2H3,(H,24,26). The van der Waals surface area contributed by atoms with Gasteiger partial charge in [0, 0.05) is 23.4 Å². The van der Waals surface area contributed by atoms with Crippen LogP contribution in [-0.4, -0.2) is 16.8 Å². The van der Waals surface area contributed by atoms with Crippen molar-refractivity contribution in [3.63, 3.8) is 0 Å². The van der Waals surface area contributed by atoms with Gasteiger partial charge in [-0.1, -0.05) is 48.5 Å². The number of hydrogen-bond acceptors (Lipinski definition) is 5. The van der Waals surface area contributed by atoms with Crippen LogP contribution >= 0.6 is 0 Å². The molecule has 1 N–H and O–H groups in total. The van der Waals surface area contributed by atoms with Gasteiger partial charge in [-0.2, -0.15) is 0 Å². The van der Waals surface area contributed by atoms with Crippen LogP contribution in [0.15, 0.2) is 72.8 Å². The summed E-state index contributed by atoms with van der Waals surface area (Å²) in [5.41, 5.74) is 2.70. The molecule has 0 heterocycles. The first-order chi connectivity index (χ1) is 14.3. The first kappa shape index (κ1) is 20.7. The summed E-state index contributed by atoms with van der Waals surface area (Å²) >= 11 is 0. The molecule has 0 spiro atoms. The van der Waals surface area contributed by atoms with Gasteiger partial charge in [0.1, 0.15) is 0 Å². The number of nitrogens with one attached hydrogen (secondary N) is 1. The van der Waals surface area contributed by atoms with E-state index < -0.39 is 22.9 Å². The van der Waals surface area contributed by atoms with Crippen molar-refractivity contribution in [3.8, 4) is 0 Å². The quantitative estimate of drug-likeness (QED) is 0.363. The van der Waals surface area contributed by atoms with Crippen molar-refractivity contribution in [2.75, 3.05) is 5.32 Å². The maximum absolute atomic E-state index is 13.0. The minimum atomic E-state index is -1.22. The molecule has 3 aromatic carbocycles. The van der Waals surface area contributed by atoms with E-state index >= 15 is 0 Å². The van der Waals surface area contributed by atoms with Crippen molar-refractivity contribution in [1.82, 2.24) is 0 Å². The zero-order chi connectivity index (χ0) is 21.7. The van der Waals surface area contributed by atoms with Crippen molar-refractivity contribution >= 4 is 23.3 Å². The number of esters is 1. The Labute approximate surface area is 173 Å². The predicted molar refractivity (Wildman–Crippen MR) is 112 cm³/mol. The molecule has 1 amide bonds. The van der Waals surface area contributed by atoms with Crippen LogP contribution in [0.1, 0.15) is 33.2 Å². The third-order valence-electron chi connectivity index (χ3n) is 4.51. The van der Waals surface area contributed by atoms with Gasteiger partial charge in [0.05, 0.1) is 10.5 Å². The van der Waals surface area contributed by atoms with Gasteiger partial charge in [0.15, 0.2) is 0 Å². The van der Waals surface area contributed by atoms with Crippen LogP contribution in [0.5, 0.6) is 0 Å². The Balaban J connectivity index is 1.89. The van der Waals surface area contributed by atoms with Crippen LogP contribution in [-0.2, 0) is 9.53 Å². The van der Waals surface area contributed by atoms with Gasteiger partial charge < -0.3 is 10.1 Å². The van der Waals surface area contributed by atoms with Crippen molar-refractivity contribution in [2.24, 2.45) is 0 Å². The van der Waals surface area contributed by atoms with Crippen molar-refractivity contribution in [3.05, 3.63) is 105 Å². The molecule has 30 heavy (non-hydrogen) atoms. The molecule has 0 aliphatic heterocycles. The van der Waals surface area contributed by atoms with E-state index in [-0.39, 0.29) is 11.3 Å². The molecule has 7 nitrogen and oxygen atoms in total. The second kappa shape index (κ2) is 9.00. The zero-order valence-corrected chi connectivity index (χ0v) is 16.5. The molecule has 3 rings (SSSR count). The van der Waals surface area contributed by atoms with Crippen LogP contribution in [0, 0.1) is 24.0 Å². The largest absolute Gasteiger partial charge is 0.444 e. The molecular formula is C23H20N2O5. The smallest absolute Gasteiger partial charge is 0.339 e. The Hall–Kier alpha value is -4.00. The molecule has 0 bridgehead atoms. The summed E-state index contributed by atoms with van der Waals surface area (Å²) in [4.78, 5) is 36.1. The highest BCUT2D eigenvalue weighted by atomic mass is 16.6. The number of aryl methyl sites for hydroxylation is 2. The minimum absolute atomic E-state index is 0.00957. The number of anilines is 1. The molecule has 152 valence electrons. The fourth-order valence-corrected chi connectivity index (χ4v) is 2.89. The Morgan fingerprint density at radius 3 is 2.40 bits per heavy atom. The van der Waals surface area contributed by atoms with E-state index in [0.717, 1.165) is 17.2 Å². The molecule has 0 aliphatic rings. The molecule has 3 aromatic rings. The minimum Gasteiger partial charge on any atom is -0.444 e. The summed E-state index contributed by atoms with van der Waals surface area (Å²) in [6.45, 7) is 3.77. The van der Waals surface area contributed by atoms with E-state index in [1.54, 1.807) is 30.3 Å². The Kier molecular flexibility index (Phi) is 6.22. The normalized spacial score (nSPS) is 11.4. The second-order valence-corrected chi connectivity index (χ2v) is 6.81. The third-order valence-corrected chi connectivity index (χ3v) is 4.51. The maximum atomic E-state index is 13.0. The van der Waals surface area contributed by atoms with Crippen LogP contribution in [0.3, 0.4) is 0 Å². The lowest BCUT2D eigenvalue weighted by Gasteiger charge is -2.19. The summed E-state index contributed by atoms with van der Waals surface area (Å²) in [7, 11) is 0.